The van der Waals surface area contributed by atoms with Crippen LogP contribution >= 0.6 is 0 Å². The van der Waals surface area contributed by atoms with Crippen LogP contribution in [0.2, 0.25) is 0 Å². The summed E-state index contributed by atoms with van der Waals surface area (Å²) < 4.78 is 0. The van der Waals surface area contributed by atoms with Crippen molar-refractivity contribution in [3.05, 3.63) is 0 Å². The molecule has 0 bridgehead atoms. The molecule has 2 aliphatic rings. The second-order valence-electron chi connectivity index (χ2n) is 6.49. The molecular formula is C17H37N3Y. The third-order valence-corrected chi connectivity index (χ3v) is 4.86. The van der Waals surface area contributed by atoms with Crippen molar-refractivity contribution >= 4 is 0 Å². The molecule has 3 nitrogen and oxygen atoms in total. The maximum Gasteiger partial charge on any atom is 0.0116 e. The van der Waals surface area contributed by atoms with Crippen molar-refractivity contribution in [1.29, 1.82) is 0 Å². The fourth-order valence-electron chi connectivity index (χ4n) is 3.46. The van der Waals surface area contributed by atoms with Crippen LogP contribution in [0.15, 0.2) is 0 Å². The third-order valence-electron chi connectivity index (χ3n) is 4.86. The van der Waals surface area contributed by atoms with Gasteiger partial charge in [-0.05, 0) is 78.7 Å². The van der Waals surface area contributed by atoms with Gasteiger partial charge in [-0.3, -0.25) is 0 Å². The van der Waals surface area contributed by atoms with E-state index in [1.54, 1.807) is 0 Å². The number of hydrogen-bond acceptors (Lipinski definition) is 3. The van der Waals surface area contributed by atoms with Gasteiger partial charge in [0.25, 0.3) is 0 Å². The first-order valence-corrected chi connectivity index (χ1v) is 8.82. The minimum Gasteiger partial charge on any atom is -0.317 e. The number of nitrogens with one attached hydrogen (secondary N) is 1. The summed E-state index contributed by atoms with van der Waals surface area (Å²) in [7, 11) is 2.34. The van der Waals surface area contributed by atoms with E-state index >= 15 is 0 Å². The Bertz CT molecular complexity index is 234. The zero-order valence-corrected chi connectivity index (χ0v) is 17.9. The van der Waals surface area contributed by atoms with Gasteiger partial charge in [0.2, 0.25) is 0 Å². The van der Waals surface area contributed by atoms with Crippen molar-refractivity contribution in [2.45, 2.75) is 65.5 Å². The van der Waals surface area contributed by atoms with Gasteiger partial charge in [0.15, 0.2) is 0 Å². The van der Waals surface area contributed by atoms with Crippen molar-refractivity contribution in [3.8, 4) is 0 Å². The van der Waals surface area contributed by atoms with Crippen molar-refractivity contribution in [1.82, 2.24) is 15.1 Å². The van der Waals surface area contributed by atoms with E-state index in [1.807, 2.05) is 13.8 Å². The number of piperidine rings is 2. The molecule has 1 N–H and O–H groups in total. The zero-order chi connectivity index (χ0) is 15.0. The van der Waals surface area contributed by atoms with Gasteiger partial charge in [-0.1, -0.05) is 13.8 Å². The van der Waals surface area contributed by atoms with Gasteiger partial charge in [-0.15, -0.1) is 0 Å². The summed E-state index contributed by atoms with van der Waals surface area (Å²) in [5.41, 5.74) is 0. The largest absolute Gasteiger partial charge is 0.317 e. The van der Waals surface area contributed by atoms with Gasteiger partial charge >= 0.3 is 0 Å². The number of nitrogens with zero attached hydrogens (tertiary/aromatic N) is 2. The van der Waals surface area contributed by atoms with E-state index < -0.39 is 0 Å². The maximum absolute atomic E-state index is 3.46. The Morgan fingerprint density at radius 3 is 2.05 bits per heavy atom. The van der Waals surface area contributed by atoms with Crippen molar-refractivity contribution in [2.24, 2.45) is 5.92 Å². The van der Waals surface area contributed by atoms with Crippen LogP contribution < -0.4 is 5.32 Å². The van der Waals surface area contributed by atoms with Crippen molar-refractivity contribution < 1.29 is 32.7 Å². The summed E-state index contributed by atoms with van der Waals surface area (Å²) in [5, 5.41) is 3.46. The van der Waals surface area contributed by atoms with Crippen LogP contribution in [-0.2, 0) is 32.7 Å². The molecule has 1 radical (unpaired) electrons. The van der Waals surface area contributed by atoms with Crippen molar-refractivity contribution in [3.63, 3.8) is 0 Å². The van der Waals surface area contributed by atoms with Crippen LogP contribution in [0.1, 0.15) is 53.4 Å². The molecule has 0 unspecified atom stereocenters. The Balaban J connectivity index is 0.00000128. The topological polar surface area (TPSA) is 18.5 Å². The van der Waals surface area contributed by atoms with E-state index in [0.29, 0.717) is 0 Å². The number of rotatable bonds is 4. The summed E-state index contributed by atoms with van der Waals surface area (Å²) in [5.74, 6) is 0.930. The maximum atomic E-state index is 3.46. The van der Waals surface area contributed by atoms with Gasteiger partial charge in [0, 0.05) is 51.3 Å². The first-order valence-electron chi connectivity index (χ1n) is 8.82. The quantitative estimate of drug-likeness (QED) is 0.819. The van der Waals surface area contributed by atoms with E-state index in [9.17, 15) is 0 Å². The van der Waals surface area contributed by atoms with Gasteiger partial charge in [0.05, 0.1) is 0 Å². The van der Waals surface area contributed by atoms with Gasteiger partial charge in [-0.2, -0.15) is 0 Å². The van der Waals surface area contributed by atoms with Crippen LogP contribution in [-0.4, -0.2) is 61.7 Å². The zero-order valence-electron chi connectivity index (χ0n) is 15.1. The van der Waals surface area contributed by atoms with Crippen LogP contribution in [0.4, 0.5) is 0 Å². The molecule has 2 aliphatic heterocycles. The van der Waals surface area contributed by atoms with Gasteiger partial charge in [-0.25, -0.2) is 0 Å². The second kappa shape index (κ2) is 12.4. The predicted octanol–water partition coefficient (Wildman–Crippen LogP) is 2.81. The van der Waals surface area contributed by atoms with Crippen LogP contribution in [0.5, 0.6) is 0 Å². The predicted molar refractivity (Wildman–Crippen MR) is 89.3 cm³/mol. The molecule has 2 rings (SSSR count). The Morgan fingerprint density at radius 1 is 1.05 bits per heavy atom. The normalized spacial score (nSPS) is 21.9. The molecule has 2 fully saturated rings. The molecule has 0 atom stereocenters. The van der Waals surface area contributed by atoms with E-state index in [2.05, 4.69) is 36.0 Å². The fourth-order valence-corrected chi connectivity index (χ4v) is 3.46. The van der Waals surface area contributed by atoms with Gasteiger partial charge in [0.1, 0.15) is 0 Å². The molecule has 0 aliphatic carbocycles. The summed E-state index contributed by atoms with van der Waals surface area (Å²) in [4.78, 5) is 5.26. The molecule has 0 aromatic rings. The Morgan fingerprint density at radius 2 is 1.57 bits per heavy atom. The van der Waals surface area contributed by atoms with Crippen molar-refractivity contribution in [2.75, 3.05) is 39.8 Å². The van der Waals surface area contributed by atoms with E-state index in [-0.39, 0.29) is 32.7 Å². The monoisotopic (exact) mass is 372 g/mol. The molecule has 0 spiro atoms. The summed E-state index contributed by atoms with van der Waals surface area (Å²) in [6, 6.07) is 1.56. The second-order valence-corrected chi connectivity index (χ2v) is 6.49. The SMILES string of the molecule is CC.CC(C)N1CCC(CN(C)C2CCNCC2)CC1.[Y]. The number of hydrogen-bond donors (Lipinski definition) is 1. The molecule has 4 heteroatoms. The van der Waals surface area contributed by atoms with E-state index in [1.165, 1.54) is 58.4 Å². The smallest absolute Gasteiger partial charge is 0.0116 e. The fraction of sp³-hybridized carbons (Fsp3) is 1.00. The average Bonchev–Trinajstić information content (AvgIpc) is 2.50. The van der Waals surface area contributed by atoms with E-state index in [0.717, 1.165) is 18.0 Å². The van der Waals surface area contributed by atoms with Crippen LogP contribution in [0.25, 0.3) is 0 Å². The Kier molecular flexibility index (Phi) is 13.0. The van der Waals surface area contributed by atoms with Crippen LogP contribution in [0.3, 0.4) is 0 Å². The first-order chi connectivity index (χ1) is 9.66. The molecule has 0 aromatic heterocycles. The van der Waals surface area contributed by atoms with E-state index in [4.69, 9.17) is 0 Å². The number of likely N-dealkylation sites (tertiary alicyclic amines) is 1. The van der Waals surface area contributed by atoms with Crippen LogP contribution in [0, 0.1) is 5.92 Å². The first kappa shape index (κ1) is 22.0. The summed E-state index contributed by atoms with van der Waals surface area (Å²) >= 11 is 0. The molecule has 0 saturated carbocycles. The molecule has 123 valence electrons. The third kappa shape index (κ3) is 7.88. The van der Waals surface area contributed by atoms with Gasteiger partial charge < -0.3 is 15.1 Å². The standard InChI is InChI=1S/C15H31N3.C2H6.Y/c1-13(2)18-10-6-14(7-11-18)12-17(3)15-4-8-16-9-5-15;1-2;/h13-16H,4-12H2,1-3H3;1-2H3;. The molecule has 0 amide bonds. The molecule has 21 heavy (non-hydrogen) atoms. The molecule has 0 aromatic carbocycles. The molecule has 2 saturated heterocycles. The minimum atomic E-state index is 0. The molecule has 2 heterocycles. The molecular weight excluding hydrogens is 335 g/mol. The Hall–Kier alpha value is 0.984. The summed E-state index contributed by atoms with van der Waals surface area (Å²) in [6.07, 6.45) is 5.46. The summed E-state index contributed by atoms with van der Waals surface area (Å²) in [6.45, 7) is 15.0. The Labute approximate surface area is 158 Å². The minimum absolute atomic E-state index is 0. The average molecular weight is 372 g/mol.